The molecule has 0 saturated carbocycles. The van der Waals surface area contributed by atoms with Crippen molar-refractivity contribution in [2.45, 2.75) is 39.0 Å². The Morgan fingerprint density at radius 3 is 2.50 bits per heavy atom. The summed E-state index contributed by atoms with van der Waals surface area (Å²) < 4.78 is 2.02. The number of benzene rings is 1. The van der Waals surface area contributed by atoms with Gasteiger partial charge in [0.25, 0.3) is 0 Å². The van der Waals surface area contributed by atoms with E-state index in [2.05, 4.69) is 28.9 Å². The van der Waals surface area contributed by atoms with Gasteiger partial charge in [-0.15, -0.1) is 0 Å². The Labute approximate surface area is 137 Å². The number of rotatable bonds is 7. The standard InChI is InChI=1S/C17H24ClN3O/c1-13(10-15-4-6-16(18)7-5-15)21(11-14(2)22)12-17-19-8-9-20(17)3/h4-9,13-14,22H,10-12H2,1-3H3/t13-,14+/m0/s1. The van der Waals surface area contributed by atoms with Crippen molar-refractivity contribution in [2.24, 2.45) is 7.05 Å². The van der Waals surface area contributed by atoms with E-state index in [0.29, 0.717) is 12.6 Å². The van der Waals surface area contributed by atoms with Gasteiger partial charge >= 0.3 is 0 Å². The van der Waals surface area contributed by atoms with Gasteiger partial charge in [0.15, 0.2) is 0 Å². The van der Waals surface area contributed by atoms with Crippen molar-refractivity contribution in [1.82, 2.24) is 14.5 Å². The molecule has 0 spiro atoms. The van der Waals surface area contributed by atoms with Crippen LogP contribution in [0.4, 0.5) is 0 Å². The molecule has 2 rings (SSSR count). The van der Waals surface area contributed by atoms with Gasteiger partial charge in [0.1, 0.15) is 5.82 Å². The number of nitrogens with zero attached hydrogens (tertiary/aromatic N) is 3. The number of aryl methyl sites for hydroxylation is 1. The zero-order valence-electron chi connectivity index (χ0n) is 13.4. The molecule has 1 aromatic heterocycles. The third-order valence-corrected chi connectivity index (χ3v) is 4.08. The molecule has 0 aliphatic carbocycles. The topological polar surface area (TPSA) is 41.3 Å². The number of hydrogen-bond acceptors (Lipinski definition) is 3. The van der Waals surface area contributed by atoms with Gasteiger partial charge in [0, 0.05) is 37.1 Å². The molecule has 0 fully saturated rings. The van der Waals surface area contributed by atoms with Crippen LogP contribution >= 0.6 is 11.6 Å². The Bertz CT molecular complexity index is 580. The molecule has 0 saturated heterocycles. The molecule has 1 heterocycles. The Kier molecular flexibility index (Phi) is 6.00. The molecule has 1 aromatic carbocycles. The minimum absolute atomic E-state index is 0.299. The maximum Gasteiger partial charge on any atom is 0.122 e. The van der Waals surface area contributed by atoms with Crippen molar-refractivity contribution >= 4 is 11.6 Å². The third-order valence-electron chi connectivity index (χ3n) is 3.83. The summed E-state index contributed by atoms with van der Waals surface area (Å²) in [6.07, 6.45) is 4.29. The molecule has 4 nitrogen and oxygen atoms in total. The van der Waals surface area contributed by atoms with Gasteiger partial charge in [-0.05, 0) is 38.0 Å². The highest BCUT2D eigenvalue weighted by Gasteiger charge is 2.18. The Morgan fingerprint density at radius 1 is 1.27 bits per heavy atom. The zero-order valence-corrected chi connectivity index (χ0v) is 14.2. The smallest absolute Gasteiger partial charge is 0.122 e. The van der Waals surface area contributed by atoms with Gasteiger partial charge in [-0.3, -0.25) is 4.90 Å². The van der Waals surface area contributed by atoms with Crippen LogP contribution < -0.4 is 0 Å². The second-order valence-corrected chi connectivity index (χ2v) is 6.35. The largest absolute Gasteiger partial charge is 0.392 e. The summed E-state index contributed by atoms with van der Waals surface area (Å²) in [5.74, 6) is 1.00. The number of aliphatic hydroxyl groups excluding tert-OH is 1. The predicted octanol–water partition coefficient (Wildman–Crippen LogP) is 2.89. The van der Waals surface area contributed by atoms with Gasteiger partial charge in [-0.1, -0.05) is 23.7 Å². The molecular formula is C17H24ClN3O. The summed E-state index contributed by atoms with van der Waals surface area (Å²) in [4.78, 5) is 6.65. The molecule has 0 radical (unpaired) electrons. The first-order valence-electron chi connectivity index (χ1n) is 7.58. The lowest BCUT2D eigenvalue weighted by Crippen LogP contribution is -2.39. The van der Waals surface area contributed by atoms with Crippen LogP contribution in [0.15, 0.2) is 36.7 Å². The van der Waals surface area contributed by atoms with Crippen molar-refractivity contribution in [2.75, 3.05) is 6.54 Å². The zero-order chi connectivity index (χ0) is 16.1. The summed E-state index contributed by atoms with van der Waals surface area (Å²) in [5.41, 5.74) is 1.24. The van der Waals surface area contributed by atoms with Crippen molar-refractivity contribution in [3.8, 4) is 0 Å². The number of halogens is 1. The minimum atomic E-state index is -0.368. The second kappa shape index (κ2) is 7.77. The molecule has 2 aromatic rings. The van der Waals surface area contributed by atoms with E-state index in [1.807, 2.05) is 36.9 Å². The molecule has 22 heavy (non-hydrogen) atoms. The Morgan fingerprint density at radius 2 is 1.95 bits per heavy atom. The lowest BCUT2D eigenvalue weighted by atomic mass is 10.1. The van der Waals surface area contributed by atoms with Gasteiger partial charge in [0.05, 0.1) is 12.6 Å². The van der Waals surface area contributed by atoms with Crippen molar-refractivity contribution in [3.05, 3.63) is 53.1 Å². The van der Waals surface area contributed by atoms with Crippen LogP contribution in [0.25, 0.3) is 0 Å². The van der Waals surface area contributed by atoms with Crippen LogP contribution in [0, 0.1) is 0 Å². The molecule has 0 unspecified atom stereocenters. The van der Waals surface area contributed by atoms with Crippen LogP contribution in [-0.2, 0) is 20.0 Å². The first-order valence-corrected chi connectivity index (χ1v) is 7.96. The molecule has 0 aliphatic rings. The number of imidazole rings is 1. The van der Waals surface area contributed by atoms with E-state index in [9.17, 15) is 5.11 Å². The van der Waals surface area contributed by atoms with Crippen LogP contribution in [0.5, 0.6) is 0 Å². The number of aliphatic hydroxyl groups is 1. The fourth-order valence-electron chi connectivity index (χ4n) is 2.56. The quantitative estimate of drug-likeness (QED) is 0.852. The van der Waals surface area contributed by atoms with E-state index in [1.165, 1.54) is 5.56 Å². The highest BCUT2D eigenvalue weighted by atomic mass is 35.5. The summed E-state index contributed by atoms with van der Waals surface area (Å²) >= 11 is 5.94. The van der Waals surface area contributed by atoms with Crippen LogP contribution in [0.2, 0.25) is 5.02 Å². The first kappa shape index (κ1) is 17.0. The average molecular weight is 322 g/mol. The second-order valence-electron chi connectivity index (χ2n) is 5.91. The molecule has 1 N–H and O–H groups in total. The van der Waals surface area contributed by atoms with Gasteiger partial charge in [-0.2, -0.15) is 0 Å². The maximum absolute atomic E-state index is 9.79. The lowest BCUT2D eigenvalue weighted by molar-refractivity contribution is 0.0948. The highest BCUT2D eigenvalue weighted by Crippen LogP contribution is 2.15. The molecular weight excluding hydrogens is 298 g/mol. The molecule has 120 valence electrons. The Hall–Kier alpha value is -1.36. The van der Waals surface area contributed by atoms with Gasteiger partial charge in [-0.25, -0.2) is 4.98 Å². The summed E-state index contributed by atoms with van der Waals surface area (Å²) in [6.45, 7) is 5.35. The third kappa shape index (κ3) is 4.83. The summed E-state index contributed by atoms with van der Waals surface area (Å²) in [7, 11) is 1.99. The fraction of sp³-hybridized carbons (Fsp3) is 0.471. The summed E-state index contributed by atoms with van der Waals surface area (Å²) in [5, 5.41) is 10.5. The van der Waals surface area contributed by atoms with E-state index >= 15 is 0 Å². The minimum Gasteiger partial charge on any atom is -0.392 e. The Balaban J connectivity index is 2.06. The van der Waals surface area contributed by atoms with Gasteiger partial charge in [0.2, 0.25) is 0 Å². The fourth-order valence-corrected chi connectivity index (χ4v) is 2.69. The van der Waals surface area contributed by atoms with Crippen molar-refractivity contribution in [3.63, 3.8) is 0 Å². The first-order chi connectivity index (χ1) is 10.5. The van der Waals surface area contributed by atoms with Crippen LogP contribution in [-0.4, -0.2) is 38.2 Å². The van der Waals surface area contributed by atoms with Crippen LogP contribution in [0.1, 0.15) is 25.2 Å². The van der Waals surface area contributed by atoms with E-state index in [1.54, 1.807) is 6.20 Å². The highest BCUT2D eigenvalue weighted by molar-refractivity contribution is 6.30. The van der Waals surface area contributed by atoms with E-state index < -0.39 is 0 Å². The van der Waals surface area contributed by atoms with Crippen LogP contribution in [0.3, 0.4) is 0 Å². The van der Waals surface area contributed by atoms with E-state index in [-0.39, 0.29) is 6.10 Å². The van der Waals surface area contributed by atoms with Gasteiger partial charge < -0.3 is 9.67 Å². The summed E-state index contributed by atoms with van der Waals surface area (Å²) in [6, 6.07) is 8.25. The van der Waals surface area contributed by atoms with Crippen molar-refractivity contribution < 1.29 is 5.11 Å². The van der Waals surface area contributed by atoms with Crippen molar-refractivity contribution in [1.29, 1.82) is 0 Å². The monoisotopic (exact) mass is 321 g/mol. The lowest BCUT2D eigenvalue weighted by Gasteiger charge is -2.30. The maximum atomic E-state index is 9.79. The molecule has 5 heteroatoms. The predicted molar refractivity (Wildman–Crippen MR) is 89.9 cm³/mol. The van der Waals surface area contributed by atoms with E-state index in [0.717, 1.165) is 23.8 Å². The molecule has 0 bridgehead atoms. The van der Waals surface area contributed by atoms with E-state index in [4.69, 9.17) is 11.6 Å². The normalized spacial score (nSPS) is 14.3. The average Bonchev–Trinajstić information content (AvgIpc) is 2.85. The molecule has 2 atom stereocenters. The molecule has 0 aliphatic heterocycles. The SMILES string of the molecule is C[C@@H](O)CN(Cc1nccn1C)[C@@H](C)Cc1ccc(Cl)cc1. The number of aromatic nitrogens is 2. The molecule has 0 amide bonds. The number of hydrogen-bond donors (Lipinski definition) is 1.